The zero-order chi connectivity index (χ0) is 15.4. The minimum Gasteiger partial charge on any atom is -0.337 e. The molecule has 3 aromatic rings. The van der Waals surface area contributed by atoms with Crippen LogP contribution in [0.15, 0.2) is 41.1 Å². The molecule has 1 aliphatic carbocycles. The molecule has 2 atom stereocenters. The van der Waals surface area contributed by atoms with Crippen LogP contribution in [-0.2, 0) is 20.1 Å². The molecule has 0 spiro atoms. The van der Waals surface area contributed by atoms with Crippen molar-refractivity contribution in [1.29, 1.82) is 0 Å². The molecule has 23 heavy (non-hydrogen) atoms. The van der Waals surface area contributed by atoms with E-state index < -0.39 is 0 Å². The summed E-state index contributed by atoms with van der Waals surface area (Å²) in [5.74, 6) is 2.17. The first-order valence-corrected chi connectivity index (χ1v) is 7.93. The molecule has 0 radical (unpaired) electrons. The Morgan fingerprint density at radius 2 is 1.87 bits per heavy atom. The summed E-state index contributed by atoms with van der Waals surface area (Å²) < 4.78 is 7.36. The van der Waals surface area contributed by atoms with Gasteiger partial charge in [-0.25, -0.2) is 0 Å². The van der Waals surface area contributed by atoms with E-state index in [1.54, 1.807) is 0 Å². The molecular weight excluding hydrogens is 290 g/mol. The standard InChI is InChI=1S/C17H17N5O/c1-21-7-6-15(19-21)13-8-14(13)16-18-17(20-23-16)22-9-11-4-2-3-5-12(11)10-22/h2-7,13-14H,8-10H2,1H3/t13-,14-/m1/s1. The summed E-state index contributed by atoms with van der Waals surface area (Å²) in [5.41, 5.74) is 3.80. The molecule has 1 aromatic carbocycles. The van der Waals surface area contributed by atoms with E-state index in [0.29, 0.717) is 17.8 Å². The van der Waals surface area contributed by atoms with Crippen LogP contribution in [0.2, 0.25) is 0 Å². The highest BCUT2D eigenvalue weighted by Crippen LogP contribution is 2.53. The first-order valence-electron chi connectivity index (χ1n) is 7.93. The zero-order valence-electron chi connectivity index (χ0n) is 12.9. The molecule has 1 aliphatic heterocycles. The predicted octanol–water partition coefficient (Wildman–Crippen LogP) is 2.59. The Balaban J connectivity index is 1.33. The summed E-state index contributed by atoms with van der Waals surface area (Å²) in [4.78, 5) is 6.80. The van der Waals surface area contributed by atoms with E-state index in [1.807, 2.05) is 17.9 Å². The van der Waals surface area contributed by atoms with E-state index in [1.165, 1.54) is 11.1 Å². The minimum atomic E-state index is 0.316. The van der Waals surface area contributed by atoms with Crippen LogP contribution in [0.5, 0.6) is 0 Å². The van der Waals surface area contributed by atoms with Crippen molar-refractivity contribution in [3.8, 4) is 0 Å². The van der Waals surface area contributed by atoms with Gasteiger partial charge in [0, 0.05) is 38.2 Å². The van der Waals surface area contributed by atoms with Crippen LogP contribution >= 0.6 is 0 Å². The van der Waals surface area contributed by atoms with Crippen LogP contribution in [-0.4, -0.2) is 19.9 Å². The summed E-state index contributed by atoms with van der Waals surface area (Å²) in [7, 11) is 1.94. The van der Waals surface area contributed by atoms with Crippen molar-refractivity contribution in [3.05, 3.63) is 59.2 Å². The van der Waals surface area contributed by atoms with Crippen molar-refractivity contribution in [2.45, 2.75) is 31.3 Å². The van der Waals surface area contributed by atoms with E-state index in [4.69, 9.17) is 4.52 Å². The lowest BCUT2D eigenvalue weighted by Crippen LogP contribution is -2.15. The maximum Gasteiger partial charge on any atom is 0.266 e. The normalized spacial score (nSPS) is 22.4. The molecule has 116 valence electrons. The fourth-order valence-corrected chi connectivity index (χ4v) is 3.41. The maximum atomic E-state index is 5.52. The number of rotatable bonds is 3. The molecule has 0 unspecified atom stereocenters. The van der Waals surface area contributed by atoms with E-state index in [0.717, 1.165) is 31.1 Å². The first-order chi connectivity index (χ1) is 11.3. The summed E-state index contributed by atoms with van der Waals surface area (Å²) in [5, 5.41) is 8.67. The van der Waals surface area contributed by atoms with E-state index in [2.05, 4.69) is 50.5 Å². The highest BCUT2D eigenvalue weighted by atomic mass is 16.5. The monoisotopic (exact) mass is 307 g/mol. The Hall–Kier alpha value is -2.63. The van der Waals surface area contributed by atoms with Crippen molar-refractivity contribution in [2.24, 2.45) is 7.05 Å². The van der Waals surface area contributed by atoms with Crippen molar-refractivity contribution < 1.29 is 4.52 Å². The quantitative estimate of drug-likeness (QED) is 0.744. The van der Waals surface area contributed by atoms with Gasteiger partial charge in [-0.3, -0.25) is 4.68 Å². The molecule has 2 aliphatic rings. The largest absolute Gasteiger partial charge is 0.337 e. The smallest absolute Gasteiger partial charge is 0.266 e. The van der Waals surface area contributed by atoms with Crippen molar-refractivity contribution in [1.82, 2.24) is 19.9 Å². The molecule has 6 heteroatoms. The second kappa shape index (κ2) is 4.68. The van der Waals surface area contributed by atoms with Crippen LogP contribution in [0.4, 0.5) is 5.95 Å². The number of anilines is 1. The number of aromatic nitrogens is 4. The van der Waals surface area contributed by atoms with Gasteiger partial charge in [0.1, 0.15) is 0 Å². The van der Waals surface area contributed by atoms with Crippen LogP contribution in [0.1, 0.15) is 41.0 Å². The molecule has 0 amide bonds. The molecule has 0 saturated heterocycles. The Morgan fingerprint density at radius 1 is 1.09 bits per heavy atom. The first kappa shape index (κ1) is 12.9. The average molecular weight is 307 g/mol. The molecule has 0 N–H and O–H groups in total. The maximum absolute atomic E-state index is 5.52. The van der Waals surface area contributed by atoms with Crippen LogP contribution in [0, 0.1) is 0 Å². The van der Waals surface area contributed by atoms with Gasteiger partial charge in [0.2, 0.25) is 5.89 Å². The van der Waals surface area contributed by atoms with Gasteiger partial charge in [-0.1, -0.05) is 24.3 Å². The summed E-state index contributed by atoms with van der Waals surface area (Å²) in [6.07, 6.45) is 3.02. The molecule has 6 nitrogen and oxygen atoms in total. The molecule has 2 aromatic heterocycles. The lowest BCUT2D eigenvalue weighted by atomic mass is 10.1. The third-order valence-corrected chi connectivity index (χ3v) is 4.78. The second-order valence-electron chi connectivity index (χ2n) is 6.42. The number of aryl methyl sites for hydroxylation is 1. The van der Waals surface area contributed by atoms with Crippen LogP contribution < -0.4 is 4.90 Å². The Bertz CT molecular complexity index is 842. The number of fused-ring (bicyclic) bond motifs is 1. The van der Waals surface area contributed by atoms with Crippen LogP contribution in [0.3, 0.4) is 0 Å². The van der Waals surface area contributed by atoms with Gasteiger partial charge in [0.25, 0.3) is 5.95 Å². The third-order valence-electron chi connectivity index (χ3n) is 4.78. The van der Waals surface area contributed by atoms with E-state index in [9.17, 15) is 0 Å². The van der Waals surface area contributed by atoms with Gasteiger partial charge >= 0.3 is 0 Å². The predicted molar refractivity (Wildman–Crippen MR) is 83.9 cm³/mol. The van der Waals surface area contributed by atoms with Crippen molar-refractivity contribution >= 4 is 5.95 Å². The molecule has 1 fully saturated rings. The van der Waals surface area contributed by atoms with Gasteiger partial charge in [-0.15, -0.1) is 0 Å². The Morgan fingerprint density at radius 3 is 2.57 bits per heavy atom. The van der Waals surface area contributed by atoms with Gasteiger partial charge < -0.3 is 9.42 Å². The fraction of sp³-hybridized carbons (Fsp3) is 0.353. The highest BCUT2D eigenvalue weighted by Gasteiger charge is 2.45. The van der Waals surface area contributed by atoms with Gasteiger partial charge in [0.15, 0.2) is 0 Å². The molecular formula is C17H17N5O. The average Bonchev–Trinajstić information content (AvgIpc) is 2.97. The zero-order valence-corrected chi connectivity index (χ0v) is 12.9. The fourth-order valence-electron chi connectivity index (χ4n) is 3.41. The SMILES string of the molecule is Cn1ccc([C@@H]2C[C@H]2c2nc(N3Cc4ccccc4C3)no2)n1. The Labute approximate surface area is 133 Å². The molecule has 0 bridgehead atoms. The van der Waals surface area contributed by atoms with Gasteiger partial charge in [0.05, 0.1) is 5.69 Å². The summed E-state index contributed by atoms with van der Waals surface area (Å²) in [6.45, 7) is 1.70. The molecule has 5 rings (SSSR count). The highest BCUT2D eigenvalue weighted by molar-refractivity contribution is 5.43. The van der Waals surface area contributed by atoms with Crippen molar-refractivity contribution in [2.75, 3.05) is 4.90 Å². The number of hydrogen-bond donors (Lipinski definition) is 0. The summed E-state index contributed by atoms with van der Waals surface area (Å²) in [6, 6.07) is 10.5. The number of benzene rings is 1. The second-order valence-corrected chi connectivity index (χ2v) is 6.42. The number of hydrogen-bond acceptors (Lipinski definition) is 5. The van der Waals surface area contributed by atoms with E-state index in [-0.39, 0.29) is 0 Å². The van der Waals surface area contributed by atoms with E-state index >= 15 is 0 Å². The minimum absolute atomic E-state index is 0.316. The summed E-state index contributed by atoms with van der Waals surface area (Å²) >= 11 is 0. The lowest BCUT2D eigenvalue weighted by molar-refractivity contribution is 0.377. The Kier molecular flexibility index (Phi) is 2.62. The van der Waals surface area contributed by atoms with Gasteiger partial charge in [-0.2, -0.15) is 10.1 Å². The topological polar surface area (TPSA) is 60.0 Å². The van der Waals surface area contributed by atoms with Gasteiger partial charge in [-0.05, 0) is 28.8 Å². The van der Waals surface area contributed by atoms with Crippen molar-refractivity contribution in [3.63, 3.8) is 0 Å². The molecule has 1 saturated carbocycles. The number of nitrogens with zero attached hydrogens (tertiary/aromatic N) is 5. The lowest BCUT2D eigenvalue weighted by Gasteiger charge is -2.10. The molecule has 3 heterocycles. The third kappa shape index (κ3) is 2.13. The van der Waals surface area contributed by atoms with Crippen LogP contribution in [0.25, 0.3) is 0 Å².